The Kier molecular flexibility index (Phi) is 4.87. The molecule has 0 aliphatic carbocycles. The number of aromatic carboxylic acids is 1. The smallest absolute Gasteiger partial charge is 0.335 e. The van der Waals surface area contributed by atoms with Crippen LogP contribution in [0.1, 0.15) is 52.6 Å². The summed E-state index contributed by atoms with van der Waals surface area (Å²) in [4.78, 5) is 50.2. The molecule has 3 amide bonds. The van der Waals surface area contributed by atoms with Crippen LogP contribution in [0, 0.1) is 13.8 Å². The van der Waals surface area contributed by atoms with Gasteiger partial charge >= 0.3 is 5.97 Å². The van der Waals surface area contributed by atoms with E-state index in [1.807, 2.05) is 32.0 Å². The monoisotopic (exact) mass is 414 g/mol. The summed E-state index contributed by atoms with van der Waals surface area (Å²) in [5.41, 5.74) is 3.53. The predicted octanol–water partition coefficient (Wildman–Crippen LogP) is 4.05. The molecule has 0 saturated carbocycles. The highest BCUT2D eigenvalue weighted by atomic mass is 16.4. The van der Waals surface area contributed by atoms with Gasteiger partial charge in [0.15, 0.2) is 0 Å². The number of carbonyl (C=O) groups excluding carboxylic acids is 3. The van der Waals surface area contributed by atoms with Crippen LogP contribution >= 0.6 is 0 Å². The topological polar surface area (TPSA) is 104 Å². The SMILES string of the molecule is Cc1cccc(NC(=O)c2ccc(N3C(=O)c4ccc(C(=O)O)cc4C3=O)cc2)c1C. The number of rotatable bonds is 4. The Morgan fingerprint density at radius 1 is 0.839 bits per heavy atom. The Hall–Kier alpha value is -4.26. The first-order chi connectivity index (χ1) is 14.8. The summed E-state index contributed by atoms with van der Waals surface area (Å²) in [6.45, 7) is 3.88. The van der Waals surface area contributed by atoms with Crippen molar-refractivity contribution in [2.45, 2.75) is 13.8 Å². The number of amides is 3. The number of benzene rings is 3. The van der Waals surface area contributed by atoms with Gasteiger partial charge in [0.25, 0.3) is 17.7 Å². The molecule has 0 bridgehead atoms. The van der Waals surface area contributed by atoms with Crippen LogP contribution in [0.15, 0.2) is 60.7 Å². The lowest BCUT2D eigenvalue weighted by molar-refractivity contribution is 0.0696. The Morgan fingerprint density at radius 2 is 1.48 bits per heavy atom. The molecule has 1 heterocycles. The molecular formula is C24H18N2O5. The zero-order valence-corrected chi connectivity index (χ0v) is 16.8. The molecule has 0 radical (unpaired) electrons. The van der Waals surface area contributed by atoms with Gasteiger partial charge in [-0.3, -0.25) is 14.4 Å². The summed E-state index contributed by atoms with van der Waals surface area (Å²) in [7, 11) is 0. The highest BCUT2D eigenvalue weighted by Gasteiger charge is 2.37. The first-order valence-corrected chi connectivity index (χ1v) is 9.51. The van der Waals surface area contributed by atoms with Gasteiger partial charge in [0.05, 0.1) is 22.4 Å². The van der Waals surface area contributed by atoms with Crippen molar-refractivity contribution in [1.29, 1.82) is 0 Å². The Labute approximate surface area is 177 Å². The molecule has 154 valence electrons. The van der Waals surface area contributed by atoms with Crippen molar-refractivity contribution in [3.8, 4) is 0 Å². The molecule has 0 unspecified atom stereocenters. The van der Waals surface area contributed by atoms with Gasteiger partial charge in [-0.1, -0.05) is 12.1 Å². The van der Waals surface area contributed by atoms with Crippen LogP contribution in [-0.4, -0.2) is 28.8 Å². The second-order valence-corrected chi connectivity index (χ2v) is 7.26. The quantitative estimate of drug-likeness (QED) is 0.627. The molecule has 3 aromatic carbocycles. The number of nitrogens with one attached hydrogen (secondary N) is 1. The molecule has 0 spiro atoms. The third kappa shape index (κ3) is 3.46. The van der Waals surface area contributed by atoms with E-state index in [1.165, 1.54) is 42.5 Å². The maximum Gasteiger partial charge on any atom is 0.335 e. The van der Waals surface area contributed by atoms with Crippen molar-refractivity contribution in [3.05, 3.63) is 94.0 Å². The van der Waals surface area contributed by atoms with E-state index in [-0.39, 0.29) is 22.6 Å². The third-order valence-electron chi connectivity index (χ3n) is 5.37. The fourth-order valence-corrected chi connectivity index (χ4v) is 3.45. The Balaban J connectivity index is 1.57. The average molecular weight is 414 g/mol. The van der Waals surface area contributed by atoms with Gasteiger partial charge in [-0.2, -0.15) is 0 Å². The lowest BCUT2D eigenvalue weighted by atomic mass is 10.1. The lowest BCUT2D eigenvalue weighted by Gasteiger charge is -2.15. The molecule has 7 nitrogen and oxygen atoms in total. The van der Waals surface area contributed by atoms with Gasteiger partial charge in [-0.15, -0.1) is 0 Å². The maximum absolute atomic E-state index is 12.7. The van der Waals surface area contributed by atoms with E-state index in [0.29, 0.717) is 16.9 Å². The van der Waals surface area contributed by atoms with Gasteiger partial charge in [0.1, 0.15) is 0 Å². The first kappa shape index (κ1) is 20.0. The van der Waals surface area contributed by atoms with E-state index in [0.717, 1.165) is 16.0 Å². The number of carboxylic acid groups (broad SMARTS) is 1. The van der Waals surface area contributed by atoms with Crippen molar-refractivity contribution in [1.82, 2.24) is 0 Å². The predicted molar refractivity (Wildman–Crippen MR) is 115 cm³/mol. The molecule has 7 heteroatoms. The lowest BCUT2D eigenvalue weighted by Crippen LogP contribution is -2.29. The van der Waals surface area contributed by atoms with Gasteiger partial charge in [0.2, 0.25) is 0 Å². The fourth-order valence-electron chi connectivity index (χ4n) is 3.45. The molecule has 1 aliphatic rings. The third-order valence-corrected chi connectivity index (χ3v) is 5.37. The number of nitrogens with zero attached hydrogens (tertiary/aromatic N) is 1. The summed E-state index contributed by atoms with van der Waals surface area (Å²) in [5, 5.41) is 12.0. The van der Waals surface area contributed by atoms with Crippen LogP contribution in [0.25, 0.3) is 0 Å². The Morgan fingerprint density at radius 3 is 2.16 bits per heavy atom. The zero-order valence-electron chi connectivity index (χ0n) is 16.8. The second kappa shape index (κ2) is 7.53. The minimum Gasteiger partial charge on any atom is -0.478 e. The summed E-state index contributed by atoms with van der Waals surface area (Å²) in [6, 6.07) is 15.5. The molecule has 31 heavy (non-hydrogen) atoms. The van der Waals surface area contributed by atoms with E-state index >= 15 is 0 Å². The van der Waals surface area contributed by atoms with Crippen molar-refractivity contribution < 1.29 is 24.3 Å². The summed E-state index contributed by atoms with van der Waals surface area (Å²) in [5.74, 6) is -2.63. The number of aryl methyl sites for hydroxylation is 1. The largest absolute Gasteiger partial charge is 0.478 e. The van der Waals surface area contributed by atoms with Crippen molar-refractivity contribution >= 4 is 35.1 Å². The van der Waals surface area contributed by atoms with Gasteiger partial charge in [0, 0.05) is 11.3 Å². The molecular weight excluding hydrogens is 396 g/mol. The number of anilines is 2. The molecule has 4 rings (SSSR count). The molecule has 0 aromatic heterocycles. The van der Waals surface area contributed by atoms with E-state index in [1.54, 1.807) is 0 Å². The molecule has 0 fully saturated rings. The Bertz CT molecular complexity index is 1260. The zero-order chi connectivity index (χ0) is 22.3. The van der Waals surface area contributed by atoms with E-state index < -0.39 is 17.8 Å². The van der Waals surface area contributed by atoms with Crippen molar-refractivity contribution in [2.75, 3.05) is 10.2 Å². The molecule has 0 saturated heterocycles. The van der Waals surface area contributed by atoms with Gasteiger partial charge in [-0.25, -0.2) is 9.69 Å². The van der Waals surface area contributed by atoms with Crippen molar-refractivity contribution in [2.24, 2.45) is 0 Å². The number of fused-ring (bicyclic) bond motifs is 1. The van der Waals surface area contributed by atoms with E-state index in [4.69, 9.17) is 5.11 Å². The number of hydrogen-bond donors (Lipinski definition) is 2. The van der Waals surface area contributed by atoms with E-state index in [9.17, 15) is 19.2 Å². The molecule has 2 N–H and O–H groups in total. The van der Waals surface area contributed by atoms with Crippen LogP contribution in [0.4, 0.5) is 11.4 Å². The summed E-state index contributed by atoms with van der Waals surface area (Å²) < 4.78 is 0. The standard InChI is InChI=1S/C24H18N2O5/c1-13-4-3-5-20(14(13)2)25-21(27)15-6-9-17(10-7-15)26-22(28)18-11-8-16(24(30)31)12-19(18)23(26)29/h3-12H,1-2H3,(H,25,27)(H,30,31). The highest BCUT2D eigenvalue weighted by molar-refractivity contribution is 6.34. The van der Waals surface area contributed by atoms with Crippen LogP contribution in [-0.2, 0) is 0 Å². The van der Waals surface area contributed by atoms with Gasteiger partial charge < -0.3 is 10.4 Å². The maximum atomic E-state index is 12.7. The average Bonchev–Trinajstić information content (AvgIpc) is 3.01. The minimum absolute atomic E-state index is 0.0432. The van der Waals surface area contributed by atoms with E-state index in [2.05, 4.69) is 5.32 Å². The normalized spacial score (nSPS) is 12.6. The second-order valence-electron chi connectivity index (χ2n) is 7.26. The number of imide groups is 1. The van der Waals surface area contributed by atoms with Crippen LogP contribution in [0.2, 0.25) is 0 Å². The number of hydrogen-bond acceptors (Lipinski definition) is 4. The number of carbonyl (C=O) groups is 4. The van der Waals surface area contributed by atoms with Crippen LogP contribution in [0.5, 0.6) is 0 Å². The highest BCUT2D eigenvalue weighted by Crippen LogP contribution is 2.29. The number of carboxylic acids is 1. The summed E-state index contributed by atoms with van der Waals surface area (Å²) >= 11 is 0. The van der Waals surface area contributed by atoms with Crippen LogP contribution in [0.3, 0.4) is 0 Å². The molecule has 3 aromatic rings. The molecule has 0 atom stereocenters. The van der Waals surface area contributed by atoms with Gasteiger partial charge in [-0.05, 0) is 73.5 Å². The summed E-state index contributed by atoms with van der Waals surface area (Å²) in [6.07, 6.45) is 0. The minimum atomic E-state index is -1.18. The first-order valence-electron chi connectivity index (χ1n) is 9.51. The van der Waals surface area contributed by atoms with Crippen LogP contribution < -0.4 is 10.2 Å². The van der Waals surface area contributed by atoms with Crippen molar-refractivity contribution in [3.63, 3.8) is 0 Å². The fraction of sp³-hybridized carbons (Fsp3) is 0.0833. The molecule has 1 aliphatic heterocycles.